The highest BCUT2D eigenvalue weighted by Crippen LogP contribution is 2.44. The smallest absolute Gasteiger partial charge is 0.357 e. The predicted octanol–water partition coefficient (Wildman–Crippen LogP) is 5.50. The molecule has 7 heteroatoms. The van der Waals surface area contributed by atoms with Crippen molar-refractivity contribution in [2.24, 2.45) is 0 Å². The third kappa shape index (κ3) is 3.08. The van der Waals surface area contributed by atoms with Gasteiger partial charge in [-0.2, -0.15) is 0 Å². The summed E-state index contributed by atoms with van der Waals surface area (Å²) < 4.78 is 29.8. The number of rotatable bonds is 4. The number of pyridine rings is 1. The maximum Gasteiger partial charge on any atom is 0.357 e. The number of carbonyl (C=O) groups is 1. The minimum atomic E-state index is -1.46. The fourth-order valence-electron chi connectivity index (χ4n) is 3.78. The van der Waals surface area contributed by atoms with E-state index in [1.807, 2.05) is 24.5 Å². The quantitative estimate of drug-likeness (QED) is 0.468. The molecule has 2 aromatic heterocycles. The summed E-state index contributed by atoms with van der Waals surface area (Å²) in [5.41, 5.74) is 2.30. The molecule has 0 spiro atoms. The van der Waals surface area contributed by atoms with Crippen molar-refractivity contribution in [2.45, 2.75) is 19.8 Å². The average Bonchev–Trinajstić information content (AvgIpc) is 3.05. The Bertz CT molecular complexity index is 1280. The third-order valence-corrected chi connectivity index (χ3v) is 4.97. The number of nitrogens with zero attached hydrogens (tertiary/aromatic N) is 2. The molecule has 0 aliphatic carbocycles. The van der Waals surface area contributed by atoms with Gasteiger partial charge in [0.05, 0.1) is 10.9 Å². The van der Waals surface area contributed by atoms with Crippen molar-refractivity contribution in [3.05, 3.63) is 77.8 Å². The van der Waals surface area contributed by atoms with Crippen molar-refractivity contribution >= 4 is 16.9 Å². The van der Waals surface area contributed by atoms with E-state index in [-0.39, 0.29) is 17.5 Å². The van der Waals surface area contributed by atoms with E-state index in [9.17, 15) is 18.7 Å². The van der Waals surface area contributed by atoms with Gasteiger partial charge in [0, 0.05) is 28.7 Å². The van der Waals surface area contributed by atoms with Gasteiger partial charge in [0.15, 0.2) is 11.5 Å². The van der Waals surface area contributed by atoms with Gasteiger partial charge < -0.3 is 14.8 Å². The van der Waals surface area contributed by atoms with E-state index in [0.29, 0.717) is 27.7 Å². The molecule has 152 valence electrons. The summed E-state index contributed by atoms with van der Waals surface area (Å²) in [4.78, 5) is 14.9. The first-order valence-electron chi connectivity index (χ1n) is 9.31. The van der Waals surface area contributed by atoms with Crippen molar-refractivity contribution in [1.82, 2.24) is 9.55 Å². The number of benzene rings is 2. The first-order valence-corrected chi connectivity index (χ1v) is 9.31. The fourth-order valence-corrected chi connectivity index (χ4v) is 3.78. The monoisotopic (exact) mass is 408 g/mol. The van der Waals surface area contributed by atoms with Crippen LogP contribution in [0.4, 0.5) is 8.78 Å². The van der Waals surface area contributed by atoms with Crippen LogP contribution < -0.4 is 0 Å². The lowest BCUT2D eigenvalue weighted by Gasteiger charge is -2.16. The Kier molecular flexibility index (Phi) is 4.73. The molecule has 0 atom stereocenters. The second kappa shape index (κ2) is 7.26. The molecular weight excluding hydrogens is 390 g/mol. The summed E-state index contributed by atoms with van der Waals surface area (Å²) in [5, 5.41) is 20.2. The Balaban J connectivity index is 2.12. The molecule has 30 heavy (non-hydrogen) atoms. The van der Waals surface area contributed by atoms with Crippen LogP contribution in [0.5, 0.6) is 5.75 Å². The second-order valence-electron chi connectivity index (χ2n) is 7.26. The highest BCUT2D eigenvalue weighted by molar-refractivity contribution is 6.03. The SMILES string of the molecule is CC(C)c1c(-c2cnc(C(=O)O)c(F)c2)c2c(O)cccc2n1-c1ccc(F)cc1. The summed E-state index contributed by atoms with van der Waals surface area (Å²) in [6, 6.07) is 12.1. The van der Waals surface area contributed by atoms with Crippen LogP contribution in [0.15, 0.2) is 54.7 Å². The van der Waals surface area contributed by atoms with Gasteiger partial charge in [-0.1, -0.05) is 19.9 Å². The van der Waals surface area contributed by atoms with Crippen LogP contribution in [0, 0.1) is 11.6 Å². The largest absolute Gasteiger partial charge is 0.507 e. The zero-order valence-corrected chi connectivity index (χ0v) is 16.2. The van der Waals surface area contributed by atoms with Crippen LogP contribution in [0.25, 0.3) is 27.7 Å². The van der Waals surface area contributed by atoms with Crippen LogP contribution in [0.3, 0.4) is 0 Å². The summed E-state index contributed by atoms with van der Waals surface area (Å²) in [7, 11) is 0. The third-order valence-electron chi connectivity index (χ3n) is 4.97. The van der Waals surface area contributed by atoms with E-state index in [0.717, 1.165) is 11.8 Å². The number of aromatic hydroxyl groups is 1. The van der Waals surface area contributed by atoms with E-state index in [2.05, 4.69) is 4.98 Å². The molecule has 2 aromatic carbocycles. The average molecular weight is 408 g/mol. The molecule has 0 saturated heterocycles. The lowest BCUT2D eigenvalue weighted by molar-refractivity contribution is 0.0685. The molecule has 0 bridgehead atoms. The molecule has 0 aliphatic rings. The second-order valence-corrected chi connectivity index (χ2v) is 7.26. The summed E-state index contributed by atoms with van der Waals surface area (Å²) >= 11 is 0. The number of carboxylic acid groups (broad SMARTS) is 1. The van der Waals surface area contributed by atoms with Gasteiger partial charge in [-0.25, -0.2) is 18.6 Å². The maximum atomic E-state index is 14.4. The Hall–Kier alpha value is -3.74. The molecule has 4 aromatic rings. The molecule has 0 radical (unpaired) electrons. The number of hydrogen-bond donors (Lipinski definition) is 2. The van der Waals surface area contributed by atoms with Crippen LogP contribution in [0.2, 0.25) is 0 Å². The molecule has 2 N–H and O–H groups in total. The summed E-state index contributed by atoms with van der Waals surface area (Å²) in [5.74, 6) is -2.88. The number of aromatic nitrogens is 2. The first kappa shape index (κ1) is 19.6. The molecule has 4 rings (SSSR count). The van der Waals surface area contributed by atoms with E-state index >= 15 is 0 Å². The Morgan fingerprint density at radius 3 is 2.40 bits per heavy atom. The zero-order valence-electron chi connectivity index (χ0n) is 16.2. The molecule has 0 unspecified atom stereocenters. The number of aromatic carboxylic acids is 1. The lowest BCUT2D eigenvalue weighted by Crippen LogP contribution is -2.05. The number of halogens is 2. The van der Waals surface area contributed by atoms with Crippen molar-refractivity contribution in [2.75, 3.05) is 0 Å². The molecule has 0 saturated carbocycles. The van der Waals surface area contributed by atoms with Crippen LogP contribution in [-0.2, 0) is 0 Å². The number of phenols is 1. The Labute approximate surface area is 170 Å². The summed E-state index contributed by atoms with van der Waals surface area (Å²) in [6.07, 6.45) is 1.29. The van der Waals surface area contributed by atoms with E-state index in [1.165, 1.54) is 24.4 Å². The zero-order chi connectivity index (χ0) is 21.6. The molecule has 0 aliphatic heterocycles. The van der Waals surface area contributed by atoms with Gasteiger partial charge in [-0.15, -0.1) is 0 Å². The van der Waals surface area contributed by atoms with Crippen LogP contribution in [-0.4, -0.2) is 25.7 Å². The van der Waals surface area contributed by atoms with E-state index in [1.54, 1.807) is 18.2 Å². The van der Waals surface area contributed by atoms with Gasteiger partial charge in [-0.05, 0) is 48.4 Å². The molecule has 2 heterocycles. The fraction of sp³-hybridized carbons (Fsp3) is 0.130. The predicted molar refractivity (Wildman–Crippen MR) is 109 cm³/mol. The van der Waals surface area contributed by atoms with Gasteiger partial charge in [0.25, 0.3) is 0 Å². The highest BCUT2D eigenvalue weighted by Gasteiger charge is 2.25. The van der Waals surface area contributed by atoms with Gasteiger partial charge in [0.2, 0.25) is 0 Å². The van der Waals surface area contributed by atoms with Crippen molar-refractivity contribution in [1.29, 1.82) is 0 Å². The number of fused-ring (bicyclic) bond motifs is 1. The van der Waals surface area contributed by atoms with Crippen molar-refractivity contribution in [3.8, 4) is 22.6 Å². The molecular formula is C23H18F2N2O3. The topological polar surface area (TPSA) is 75.3 Å². The van der Waals surface area contributed by atoms with Crippen LogP contribution in [0.1, 0.15) is 35.9 Å². The normalized spacial score (nSPS) is 11.4. The summed E-state index contributed by atoms with van der Waals surface area (Å²) in [6.45, 7) is 3.90. The van der Waals surface area contributed by atoms with Crippen molar-refractivity contribution in [3.63, 3.8) is 0 Å². The van der Waals surface area contributed by atoms with Gasteiger partial charge in [0.1, 0.15) is 11.6 Å². The minimum Gasteiger partial charge on any atom is -0.507 e. The molecule has 0 fully saturated rings. The van der Waals surface area contributed by atoms with E-state index in [4.69, 9.17) is 5.11 Å². The first-order chi connectivity index (χ1) is 14.3. The van der Waals surface area contributed by atoms with Gasteiger partial charge in [-0.3, -0.25) is 0 Å². The van der Waals surface area contributed by atoms with Crippen LogP contribution >= 0.6 is 0 Å². The van der Waals surface area contributed by atoms with Gasteiger partial charge >= 0.3 is 5.97 Å². The number of phenolic OH excluding ortho intramolecular Hbond substituents is 1. The highest BCUT2D eigenvalue weighted by atomic mass is 19.1. The number of hydrogen-bond acceptors (Lipinski definition) is 3. The standard InChI is InChI=1S/C23H18F2N2O3/c1-12(2)22-19(13-10-16(25)21(23(29)30)26-11-13)20-17(4-3-5-18(20)28)27(22)15-8-6-14(24)7-9-15/h3-12,28H,1-2H3,(H,29,30). The maximum absolute atomic E-state index is 14.4. The minimum absolute atomic E-state index is 0.00650. The number of carboxylic acids is 1. The molecule has 0 amide bonds. The Morgan fingerprint density at radius 1 is 1.10 bits per heavy atom. The molecule has 5 nitrogen and oxygen atoms in total. The lowest BCUT2D eigenvalue weighted by atomic mass is 9.97. The Morgan fingerprint density at radius 2 is 1.80 bits per heavy atom. The van der Waals surface area contributed by atoms with Crippen molar-refractivity contribution < 1.29 is 23.8 Å². The van der Waals surface area contributed by atoms with E-state index < -0.39 is 17.5 Å².